The van der Waals surface area contributed by atoms with Crippen LogP contribution in [0.1, 0.15) is 18.4 Å². The number of hydrogen-bond donors (Lipinski definition) is 1. The molecule has 0 aliphatic carbocycles. The van der Waals surface area contributed by atoms with Gasteiger partial charge in [0.05, 0.1) is 25.4 Å². The van der Waals surface area contributed by atoms with Gasteiger partial charge >= 0.3 is 0 Å². The van der Waals surface area contributed by atoms with E-state index in [2.05, 4.69) is 24.0 Å². The molecule has 2 aliphatic rings. The van der Waals surface area contributed by atoms with Crippen molar-refractivity contribution >= 4 is 0 Å². The molecule has 1 fully saturated rings. The molecule has 0 bridgehead atoms. The Morgan fingerprint density at radius 1 is 1.32 bits per heavy atom. The summed E-state index contributed by atoms with van der Waals surface area (Å²) in [6.07, 6.45) is 0.129. The fourth-order valence-electron chi connectivity index (χ4n) is 3.08. The Hall–Kier alpha value is -1.10. The van der Waals surface area contributed by atoms with Crippen LogP contribution in [0.15, 0.2) is 24.3 Å². The monoisotopic (exact) mass is 263 g/mol. The van der Waals surface area contributed by atoms with Crippen LogP contribution < -0.4 is 4.74 Å². The first-order chi connectivity index (χ1) is 9.26. The highest BCUT2D eigenvalue weighted by Crippen LogP contribution is 2.34. The topological polar surface area (TPSA) is 41.9 Å². The van der Waals surface area contributed by atoms with Crippen molar-refractivity contribution in [1.82, 2.24) is 4.90 Å². The largest absolute Gasteiger partial charge is 0.493 e. The van der Waals surface area contributed by atoms with Crippen molar-refractivity contribution in [1.29, 1.82) is 0 Å². The Morgan fingerprint density at radius 2 is 2.16 bits per heavy atom. The zero-order valence-corrected chi connectivity index (χ0v) is 11.3. The third kappa shape index (κ3) is 2.76. The van der Waals surface area contributed by atoms with E-state index in [0.717, 1.165) is 32.0 Å². The van der Waals surface area contributed by atoms with Crippen LogP contribution in [0.2, 0.25) is 0 Å². The molecular formula is C15H21NO3. The number of hydrogen-bond acceptors (Lipinski definition) is 4. The van der Waals surface area contributed by atoms with E-state index in [-0.39, 0.29) is 18.8 Å². The van der Waals surface area contributed by atoms with Crippen molar-refractivity contribution in [2.24, 2.45) is 0 Å². The SMILES string of the molecule is CC1CN(CC2COc3ccccc32)CC(CO)O1. The molecule has 4 nitrogen and oxygen atoms in total. The molecule has 3 unspecified atom stereocenters. The van der Waals surface area contributed by atoms with Crippen molar-refractivity contribution in [3.8, 4) is 5.75 Å². The number of rotatable bonds is 3. The second kappa shape index (κ2) is 5.49. The minimum Gasteiger partial charge on any atom is -0.493 e. The van der Waals surface area contributed by atoms with E-state index >= 15 is 0 Å². The van der Waals surface area contributed by atoms with Crippen molar-refractivity contribution < 1.29 is 14.6 Å². The lowest BCUT2D eigenvalue weighted by atomic mass is 10.00. The van der Waals surface area contributed by atoms with Crippen molar-refractivity contribution in [2.75, 3.05) is 32.8 Å². The van der Waals surface area contributed by atoms with Gasteiger partial charge < -0.3 is 14.6 Å². The van der Waals surface area contributed by atoms with Gasteiger partial charge in [-0.1, -0.05) is 18.2 Å². The van der Waals surface area contributed by atoms with Gasteiger partial charge in [-0.25, -0.2) is 0 Å². The predicted octanol–water partition coefficient (Wildman–Crippen LogP) is 1.24. The van der Waals surface area contributed by atoms with Crippen LogP contribution in [0.4, 0.5) is 0 Å². The molecule has 1 aromatic rings. The highest BCUT2D eigenvalue weighted by atomic mass is 16.5. The lowest BCUT2D eigenvalue weighted by Crippen LogP contribution is -2.49. The summed E-state index contributed by atoms with van der Waals surface area (Å²) >= 11 is 0. The van der Waals surface area contributed by atoms with Gasteiger partial charge in [0.25, 0.3) is 0 Å². The Labute approximate surface area is 113 Å². The minimum atomic E-state index is -0.0543. The molecule has 19 heavy (non-hydrogen) atoms. The van der Waals surface area contributed by atoms with Crippen molar-refractivity contribution in [2.45, 2.75) is 25.0 Å². The van der Waals surface area contributed by atoms with Gasteiger partial charge in [-0.2, -0.15) is 0 Å². The van der Waals surface area contributed by atoms with Crippen LogP contribution >= 0.6 is 0 Å². The average molecular weight is 263 g/mol. The van der Waals surface area contributed by atoms with Gasteiger partial charge in [0.1, 0.15) is 5.75 Å². The Bertz CT molecular complexity index is 437. The first-order valence-electron chi connectivity index (χ1n) is 6.96. The molecule has 2 aliphatic heterocycles. The molecule has 104 valence electrons. The zero-order valence-electron chi connectivity index (χ0n) is 11.3. The lowest BCUT2D eigenvalue weighted by molar-refractivity contribution is -0.0963. The van der Waals surface area contributed by atoms with E-state index in [4.69, 9.17) is 9.47 Å². The number of nitrogens with zero attached hydrogens (tertiary/aromatic N) is 1. The molecule has 0 amide bonds. The van der Waals surface area contributed by atoms with Crippen LogP contribution in [0.5, 0.6) is 5.75 Å². The number of aliphatic hydroxyl groups is 1. The molecule has 1 saturated heterocycles. The van der Waals surface area contributed by atoms with Gasteiger partial charge in [-0.05, 0) is 13.0 Å². The van der Waals surface area contributed by atoms with E-state index in [1.54, 1.807) is 0 Å². The number of para-hydroxylation sites is 1. The highest BCUT2D eigenvalue weighted by Gasteiger charge is 2.30. The molecular weight excluding hydrogens is 242 g/mol. The Kier molecular flexibility index (Phi) is 3.73. The zero-order chi connectivity index (χ0) is 13.2. The van der Waals surface area contributed by atoms with E-state index in [0.29, 0.717) is 5.92 Å². The average Bonchev–Trinajstić information content (AvgIpc) is 2.82. The minimum absolute atomic E-state index is 0.0543. The number of morpholine rings is 1. The number of benzene rings is 1. The second-order valence-electron chi connectivity index (χ2n) is 5.52. The summed E-state index contributed by atoms with van der Waals surface area (Å²) in [5.41, 5.74) is 1.31. The Balaban J connectivity index is 1.66. The summed E-state index contributed by atoms with van der Waals surface area (Å²) in [4.78, 5) is 2.38. The quantitative estimate of drug-likeness (QED) is 0.891. The molecule has 4 heteroatoms. The number of fused-ring (bicyclic) bond motifs is 1. The van der Waals surface area contributed by atoms with Crippen LogP contribution in [0, 0.1) is 0 Å². The highest BCUT2D eigenvalue weighted by molar-refractivity contribution is 5.39. The standard InChI is InChI=1S/C15H21NO3/c1-11-6-16(8-13(9-17)19-11)7-12-10-18-15-5-3-2-4-14(12)15/h2-5,11-13,17H,6-10H2,1H3. The van der Waals surface area contributed by atoms with Crippen LogP contribution in [0.25, 0.3) is 0 Å². The molecule has 1 N–H and O–H groups in total. The lowest BCUT2D eigenvalue weighted by Gasteiger charge is -2.37. The van der Waals surface area contributed by atoms with E-state index < -0.39 is 0 Å². The smallest absolute Gasteiger partial charge is 0.122 e. The van der Waals surface area contributed by atoms with E-state index in [9.17, 15) is 5.11 Å². The maximum absolute atomic E-state index is 9.27. The Morgan fingerprint density at radius 3 is 3.00 bits per heavy atom. The summed E-state index contributed by atoms with van der Waals surface area (Å²) in [7, 11) is 0. The molecule has 0 spiro atoms. The molecule has 0 aromatic heterocycles. The summed E-state index contributed by atoms with van der Waals surface area (Å²) in [5.74, 6) is 1.45. The molecule has 2 heterocycles. The molecule has 0 saturated carbocycles. The third-order valence-corrected chi connectivity index (χ3v) is 3.88. The van der Waals surface area contributed by atoms with E-state index in [1.807, 2.05) is 12.1 Å². The fourth-order valence-corrected chi connectivity index (χ4v) is 3.08. The van der Waals surface area contributed by atoms with Crippen LogP contribution in [0.3, 0.4) is 0 Å². The van der Waals surface area contributed by atoms with Gasteiger partial charge in [0.2, 0.25) is 0 Å². The van der Waals surface area contributed by atoms with Gasteiger partial charge in [0.15, 0.2) is 0 Å². The van der Waals surface area contributed by atoms with Gasteiger partial charge in [0, 0.05) is 31.1 Å². The van der Waals surface area contributed by atoms with E-state index in [1.165, 1.54) is 5.56 Å². The summed E-state index contributed by atoms with van der Waals surface area (Å²) < 4.78 is 11.4. The normalized spacial score (nSPS) is 30.9. The van der Waals surface area contributed by atoms with Gasteiger partial charge in [-0.15, -0.1) is 0 Å². The number of ether oxygens (including phenoxy) is 2. The molecule has 1 aromatic carbocycles. The molecule has 0 radical (unpaired) electrons. The summed E-state index contributed by atoms with van der Waals surface area (Å²) in [6, 6.07) is 8.27. The predicted molar refractivity (Wildman–Crippen MR) is 72.5 cm³/mol. The fraction of sp³-hybridized carbons (Fsp3) is 0.600. The second-order valence-corrected chi connectivity index (χ2v) is 5.52. The van der Waals surface area contributed by atoms with Gasteiger partial charge in [-0.3, -0.25) is 4.90 Å². The van der Waals surface area contributed by atoms with Crippen molar-refractivity contribution in [3.05, 3.63) is 29.8 Å². The molecule has 3 rings (SSSR count). The summed E-state index contributed by atoms with van der Waals surface area (Å²) in [6.45, 7) is 5.62. The summed E-state index contributed by atoms with van der Waals surface area (Å²) in [5, 5.41) is 9.27. The van der Waals surface area contributed by atoms with Crippen LogP contribution in [-0.2, 0) is 4.74 Å². The maximum Gasteiger partial charge on any atom is 0.122 e. The van der Waals surface area contributed by atoms with Crippen LogP contribution in [-0.4, -0.2) is 55.1 Å². The first kappa shape index (κ1) is 12.9. The maximum atomic E-state index is 9.27. The number of aliphatic hydroxyl groups excluding tert-OH is 1. The van der Waals surface area contributed by atoms with Crippen molar-refractivity contribution in [3.63, 3.8) is 0 Å². The first-order valence-corrected chi connectivity index (χ1v) is 6.96. The third-order valence-electron chi connectivity index (χ3n) is 3.88. The molecule has 3 atom stereocenters.